The van der Waals surface area contributed by atoms with E-state index < -0.39 is 0 Å². The summed E-state index contributed by atoms with van der Waals surface area (Å²) in [4.78, 5) is 10.9. The Labute approximate surface area is 106 Å². The Morgan fingerprint density at radius 3 is 1.94 bits per heavy atom. The molecule has 0 aliphatic rings. The summed E-state index contributed by atoms with van der Waals surface area (Å²) >= 11 is 0. The van der Waals surface area contributed by atoms with Crippen LogP contribution in [-0.2, 0) is 4.74 Å². The lowest BCUT2D eigenvalue weighted by molar-refractivity contribution is 0.152. The van der Waals surface area contributed by atoms with Crippen molar-refractivity contribution < 1.29 is 9.53 Å². The lowest BCUT2D eigenvalue weighted by atomic mass is 10.1. The van der Waals surface area contributed by atoms with Gasteiger partial charge in [-0.3, -0.25) is 0 Å². The number of nitrogens with one attached hydrogen (secondary N) is 1. The highest BCUT2D eigenvalue weighted by molar-refractivity contribution is 5.66. The predicted octanol–water partition coefficient (Wildman–Crippen LogP) is 4.26. The van der Waals surface area contributed by atoms with Gasteiger partial charge in [0, 0.05) is 6.54 Å². The second-order valence-corrected chi connectivity index (χ2v) is 4.48. The fourth-order valence-electron chi connectivity index (χ4n) is 1.81. The Morgan fingerprint density at radius 2 is 1.41 bits per heavy atom. The molecule has 0 atom stereocenters. The molecular weight excluding hydrogens is 214 g/mol. The molecule has 3 nitrogen and oxygen atoms in total. The first-order chi connectivity index (χ1) is 8.31. The zero-order valence-corrected chi connectivity index (χ0v) is 11.6. The molecule has 0 unspecified atom stereocenters. The topological polar surface area (TPSA) is 38.3 Å². The molecule has 0 fully saturated rings. The van der Waals surface area contributed by atoms with Crippen molar-refractivity contribution in [3.05, 3.63) is 0 Å². The SMILES string of the molecule is CCCCCCCCCCCNC(=O)OCC. The van der Waals surface area contributed by atoms with Crippen molar-refractivity contribution in [1.82, 2.24) is 5.32 Å². The maximum atomic E-state index is 10.9. The van der Waals surface area contributed by atoms with E-state index in [1.165, 1.54) is 51.4 Å². The summed E-state index contributed by atoms with van der Waals surface area (Å²) in [5.41, 5.74) is 0. The second-order valence-electron chi connectivity index (χ2n) is 4.48. The van der Waals surface area contributed by atoms with Gasteiger partial charge in [-0.25, -0.2) is 4.79 Å². The summed E-state index contributed by atoms with van der Waals surface area (Å²) in [5.74, 6) is 0. The maximum absolute atomic E-state index is 10.9. The molecule has 0 aromatic carbocycles. The third-order valence-electron chi connectivity index (χ3n) is 2.83. The molecule has 0 saturated carbocycles. The lowest BCUT2D eigenvalue weighted by Gasteiger charge is -2.05. The standard InChI is InChI=1S/C14H29NO2/c1-3-5-6-7-8-9-10-11-12-13-15-14(16)17-4-2/h3-13H2,1-2H3,(H,15,16). The fraction of sp³-hybridized carbons (Fsp3) is 0.929. The summed E-state index contributed by atoms with van der Waals surface area (Å²) in [6, 6.07) is 0. The van der Waals surface area contributed by atoms with Crippen LogP contribution in [0.5, 0.6) is 0 Å². The molecule has 17 heavy (non-hydrogen) atoms. The monoisotopic (exact) mass is 243 g/mol. The molecule has 0 aliphatic heterocycles. The Hall–Kier alpha value is -0.730. The number of unbranched alkanes of at least 4 members (excludes halogenated alkanes) is 8. The highest BCUT2D eigenvalue weighted by Crippen LogP contribution is 2.09. The van der Waals surface area contributed by atoms with E-state index in [0.29, 0.717) is 6.61 Å². The Balaban J connectivity index is 3.01. The Bertz CT molecular complexity index is 172. The van der Waals surface area contributed by atoms with Crippen molar-refractivity contribution in [3.8, 4) is 0 Å². The number of carbonyl (C=O) groups excluding carboxylic acids is 1. The van der Waals surface area contributed by atoms with Crippen LogP contribution in [0.15, 0.2) is 0 Å². The third-order valence-corrected chi connectivity index (χ3v) is 2.83. The van der Waals surface area contributed by atoms with E-state index in [1.807, 2.05) is 6.92 Å². The molecule has 102 valence electrons. The molecule has 3 heteroatoms. The van der Waals surface area contributed by atoms with Crippen LogP contribution in [0.25, 0.3) is 0 Å². The molecule has 0 aliphatic carbocycles. The van der Waals surface area contributed by atoms with E-state index in [9.17, 15) is 4.79 Å². The number of ether oxygens (including phenoxy) is 1. The van der Waals surface area contributed by atoms with Gasteiger partial charge in [-0.1, -0.05) is 58.3 Å². The maximum Gasteiger partial charge on any atom is 0.407 e. The predicted molar refractivity (Wildman–Crippen MR) is 72.3 cm³/mol. The molecule has 0 saturated heterocycles. The van der Waals surface area contributed by atoms with Crippen LogP contribution < -0.4 is 5.32 Å². The van der Waals surface area contributed by atoms with Crippen LogP contribution in [0.1, 0.15) is 71.6 Å². The quantitative estimate of drug-likeness (QED) is 0.550. The Kier molecular flexibility index (Phi) is 12.8. The molecular formula is C14H29NO2. The highest BCUT2D eigenvalue weighted by atomic mass is 16.5. The normalized spacial score (nSPS) is 10.2. The number of carbonyl (C=O) groups is 1. The van der Waals surface area contributed by atoms with Crippen LogP contribution in [0.3, 0.4) is 0 Å². The number of hydrogen-bond acceptors (Lipinski definition) is 2. The minimum absolute atomic E-state index is 0.285. The van der Waals surface area contributed by atoms with E-state index in [1.54, 1.807) is 0 Å². The molecule has 0 spiro atoms. The summed E-state index contributed by atoms with van der Waals surface area (Å²) in [6.45, 7) is 5.26. The molecule has 0 heterocycles. The van der Waals surface area contributed by atoms with Gasteiger partial charge < -0.3 is 10.1 Å². The van der Waals surface area contributed by atoms with E-state index in [2.05, 4.69) is 12.2 Å². The molecule has 0 rings (SSSR count). The molecule has 0 aromatic rings. The highest BCUT2D eigenvalue weighted by Gasteiger charge is 1.98. The fourth-order valence-corrected chi connectivity index (χ4v) is 1.81. The number of amides is 1. The van der Waals surface area contributed by atoms with Crippen molar-refractivity contribution in [1.29, 1.82) is 0 Å². The third kappa shape index (κ3) is 13.2. The summed E-state index contributed by atoms with van der Waals surface area (Å²) in [5, 5.41) is 2.74. The molecule has 1 N–H and O–H groups in total. The minimum atomic E-state index is -0.285. The van der Waals surface area contributed by atoms with Crippen molar-refractivity contribution in [2.24, 2.45) is 0 Å². The van der Waals surface area contributed by atoms with Gasteiger partial charge in [0.2, 0.25) is 0 Å². The van der Waals surface area contributed by atoms with E-state index in [0.717, 1.165) is 13.0 Å². The lowest BCUT2D eigenvalue weighted by Crippen LogP contribution is -2.25. The van der Waals surface area contributed by atoms with Crippen LogP contribution in [0.2, 0.25) is 0 Å². The Morgan fingerprint density at radius 1 is 0.882 bits per heavy atom. The van der Waals surface area contributed by atoms with Crippen molar-refractivity contribution in [2.75, 3.05) is 13.2 Å². The van der Waals surface area contributed by atoms with Gasteiger partial charge in [0.25, 0.3) is 0 Å². The van der Waals surface area contributed by atoms with Crippen molar-refractivity contribution >= 4 is 6.09 Å². The summed E-state index contributed by atoms with van der Waals surface area (Å²) < 4.78 is 4.77. The van der Waals surface area contributed by atoms with Gasteiger partial charge in [0.15, 0.2) is 0 Å². The average molecular weight is 243 g/mol. The zero-order valence-electron chi connectivity index (χ0n) is 11.6. The summed E-state index contributed by atoms with van der Waals surface area (Å²) in [6.07, 6.45) is 11.4. The first kappa shape index (κ1) is 16.3. The minimum Gasteiger partial charge on any atom is -0.450 e. The smallest absolute Gasteiger partial charge is 0.407 e. The van der Waals surface area contributed by atoms with Crippen molar-refractivity contribution in [2.45, 2.75) is 71.6 Å². The van der Waals surface area contributed by atoms with E-state index in [-0.39, 0.29) is 6.09 Å². The molecule has 0 radical (unpaired) electrons. The van der Waals surface area contributed by atoms with Gasteiger partial charge >= 0.3 is 6.09 Å². The molecule has 0 bridgehead atoms. The van der Waals surface area contributed by atoms with Crippen LogP contribution in [0.4, 0.5) is 4.79 Å². The number of alkyl carbamates (subject to hydrolysis) is 1. The van der Waals surface area contributed by atoms with Crippen LogP contribution >= 0.6 is 0 Å². The van der Waals surface area contributed by atoms with Crippen LogP contribution in [-0.4, -0.2) is 19.2 Å². The second kappa shape index (κ2) is 13.3. The van der Waals surface area contributed by atoms with Gasteiger partial charge in [-0.2, -0.15) is 0 Å². The number of rotatable bonds is 11. The van der Waals surface area contributed by atoms with Gasteiger partial charge in [-0.05, 0) is 13.3 Å². The van der Waals surface area contributed by atoms with E-state index >= 15 is 0 Å². The first-order valence-electron chi connectivity index (χ1n) is 7.21. The van der Waals surface area contributed by atoms with E-state index in [4.69, 9.17) is 4.74 Å². The summed E-state index contributed by atoms with van der Waals surface area (Å²) in [7, 11) is 0. The largest absolute Gasteiger partial charge is 0.450 e. The van der Waals surface area contributed by atoms with Crippen LogP contribution in [0, 0.1) is 0 Å². The zero-order chi connectivity index (χ0) is 12.8. The number of hydrogen-bond donors (Lipinski definition) is 1. The average Bonchev–Trinajstić information content (AvgIpc) is 2.32. The van der Waals surface area contributed by atoms with Gasteiger partial charge in [0.1, 0.15) is 0 Å². The molecule has 1 amide bonds. The van der Waals surface area contributed by atoms with Gasteiger partial charge in [-0.15, -0.1) is 0 Å². The molecule has 0 aromatic heterocycles. The van der Waals surface area contributed by atoms with Crippen molar-refractivity contribution in [3.63, 3.8) is 0 Å². The first-order valence-corrected chi connectivity index (χ1v) is 7.21. The van der Waals surface area contributed by atoms with Gasteiger partial charge in [0.05, 0.1) is 6.61 Å².